The summed E-state index contributed by atoms with van der Waals surface area (Å²) in [5.74, 6) is 0.997. The lowest BCUT2D eigenvalue weighted by Gasteiger charge is -2.35. The van der Waals surface area contributed by atoms with E-state index >= 15 is 0 Å². The van der Waals surface area contributed by atoms with E-state index in [1.54, 1.807) is 11.3 Å². The quantitative estimate of drug-likeness (QED) is 0.559. The van der Waals surface area contributed by atoms with Gasteiger partial charge in [0.05, 0.1) is 17.1 Å². The molecule has 1 saturated heterocycles. The third-order valence-corrected chi connectivity index (χ3v) is 6.97. The summed E-state index contributed by atoms with van der Waals surface area (Å²) in [4.78, 5) is 35.2. The van der Waals surface area contributed by atoms with Crippen molar-refractivity contribution in [3.63, 3.8) is 0 Å². The Hall–Kier alpha value is -3.37. The van der Waals surface area contributed by atoms with Crippen molar-refractivity contribution in [1.82, 2.24) is 19.9 Å². The maximum Gasteiger partial charge on any atom is 0.270 e. The largest absolute Gasteiger partial charge is 0.338 e. The number of piperazine rings is 1. The molecular formula is C24H26N6O3S. The molecule has 9 nitrogen and oxygen atoms in total. The predicted octanol–water partition coefficient (Wildman–Crippen LogP) is 3.24. The number of amides is 2. The van der Waals surface area contributed by atoms with Crippen LogP contribution in [0.3, 0.4) is 0 Å². The van der Waals surface area contributed by atoms with Crippen LogP contribution in [-0.4, -0.2) is 63.6 Å². The molecule has 0 radical (unpaired) electrons. The van der Waals surface area contributed by atoms with Crippen molar-refractivity contribution in [1.29, 1.82) is 0 Å². The maximum absolute atomic E-state index is 13.2. The van der Waals surface area contributed by atoms with Crippen molar-refractivity contribution in [2.24, 2.45) is 5.10 Å². The molecular weight excluding hydrogens is 452 g/mol. The normalized spacial score (nSPS) is 17.2. The Morgan fingerprint density at radius 1 is 1.12 bits per heavy atom. The summed E-state index contributed by atoms with van der Waals surface area (Å²) in [5, 5.41) is 11.9. The Bertz CT molecular complexity index is 1230. The van der Waals surface area contributed by atoms with Crippen molar-refractivity contribution >= 4 is 34.6 Å². The van der Waals surface area contributed by atoms with E-state index in [2.05, 4.69) is 20.1 Å². The molecule has 1 fully saturated rings. The molecule has 2 aliphatic rings. The molecule has 10 heteroatoms. The van der Waals surface area contributed by atoms with Gasteiger partial charge in [0, 0.05) is 39.0 Å². The molecule has 5 rings (SSSR count). The van der Waals surface area contributed by atoms with Gasteiger partial charge in [0.15, 0.2) is 0 Å². The van der Waals surface area contributed by atoms with Crippen LogP contribution in [0.5, 0.6) is 0 Å². The first-order valence-electron chi connectivity index (χ1n) is 11.3. The number of anilines is 1. The van der Waals surface area contributed by atoms with Gasteiger partial charge in [-0.1, -0.05) is 23.4 Å². The third kappa shape index (κ3) is 4.64. The molecule has 0 saturated carbocycles. The van der Waals surface area contributed by atoms with Crippen LogP contribution in [0.25, 0.3) is 10.7 Å². The van der Waals surface area contributed by atoms with Crippen LogP contribution in [0.1, 0.15) is 29.9 Å². The van der Waals surface area contributed by atoms with E-state index < -0.39 is 0 Å². The van der Waals surface area contributed by atoms with Crippen LogP contribution in [-0.2, 0) is 16.1 Å². The second-order valence-corrected chi connectivity index (χ2v) is 9.55. The second-order valence-electron chi connectivity index (χ2n) is 8.60. The summed E-state index contributed by atoms with van der Waals surface area (Å²) in [6.07, 6.45) is 0.647. The van der Waals surface area contributed by atoms with Crippen LogP contribution in [0.15, 0.2) is 45.3 Å². The summed E-state index contributed by atoms with van der Waals surface area (Å²) in [7, 11) is 0. The van der Waals surface area contributed by atoms with Crippen molar-refractivity contribution in [3.8, 4) is 10.7 Å². The van der Waals surface area contributed by atoms with Crippen molar-refractivity contribution in [3.05, 3.63) is 52.7 Å². The molecule has 0 N–H and O–H groups in total. The average Bonchev–Trinajstić information content (AvgIpc) is 3.53. The Morgan fingerprint density at radius 3 is 2.71 bits per heavy atom. The Kier molecular flexibility index (Phi) is 6.25. The molecule has 2 aliphatic heterocycles. The second kappa shape index (κ2) is 9.47. The van der Waals surface area contributed by atoms with E-state index in [1.807, 2.05) is 54.5 Å². The van der Waals surface area contributed by atoms with Gasteiger partial charge < -0.3 is 9.42 Å². The molecule has 0 unspecified atom stereocenters. The predicted molar refractivity (Wildman–Crippen MR) is 130 cm³/mol. The van der Waals surface area contributed by atoms with Gasteiger partial charge in [0.2, 0.25) is 17.6 Å². The lowest BCUT2D eigenvalue weighted by Crippen LogP contribution is -2.51. The number of hydrazone groups is 1. The standard InChI is InChI=1S/C24H26N6O3S/c1-16-5-6-17(2)19(14-16)30-22(31)8-7-18(26-30)24(32)29-11-9-28(10-12-29)15-21-25-23(27-33-21)20-4-3-13-34-20/h3-6,13-14H,7-12,15H2,1-2H3. The maximum atomic E-state index is 13.2. The number of aryl methyl sites for hydroxylation is 2. The molecule has 176 valence electrons. The minimum Gasteiger partial charge on any atom is -0.338 e. The van der Waals surface area contributed by atoms with E-state index in [4.69, 9.17) is 4.52 Å². The number of nitrogens with zero attached hydrogens (tertiary/aromatic N) is 6. The highest BCUT2D eigenvalue weighted by molar-refractivity contribution is 7.13. The first kappa shape index (κ1) is 22.4. The highest BCUT2D eigenvalue weighted by atomic mass is 32.1. The molecule has 0 bridgehead atoms. The van der Waals surface area contributed by atoms with Crippen molar-refractivity contribution in [2.45, 2.75) is 33.2 Å². The lowest BCUT2D eigenvalue weighted by molar-refractivity contribution is -0.126. The van der Waals surface area contributed by atoms with Crippen molar-refractivity contribution in [2.75, 3.05) is 31.2 Å². The highest BCUT2D eigenvalue weighted by Gasteiger charge is 2.31. The van der Waals surface area contributed by atoms with Crippen molar-refractivity contribution < 1.29 is 14.1 Å². The SMILES string of the molecule is Cc1ccc(C)c(N2N=C(C(=O)N3CCN(Cc4nc(-c5cccs5)no4)CC3)CCC2=O)c1. The Balaban J connectivity index is 1.21. The fourth-order valence-electron chi connectivity index (χ4n) is 4.15. The number of benzene rings is 1. The minimum absolute atomic E-state index is 0.0865. The van der Waals surface area contributed by atoms with Crippen LogP contribution < -0.4 is 5.01 Å². The zero-order chi connectivity index (χ0) is 23.7. The van der Waals surface area contributed by atoms with Gasteiger partial charge in [-0.2, -0.15) is 10.1 Å². The summed E-state index contributed by atoms with van der Waals surface area (Å²) in [6.45, 7) is 7.05. The Morgan fingerprint density at radius 2 is 1.94 bits per heavy atom. The highest BCUT2D eigenvalue weighted by Crippen LogP contribution is 2.26. The minimum atomic E-state index is -0.0970. The number of hydrogen-bond acceptors (Lipinski definition) is 8. The smallest absolute Gasteiger partial charge is 0.270 e. The van der Waals surface area contributed by atoms with Gasteiger partial charge in [-0.15, -0.1) is 11.3 Å². The molecule has 2 aromatic heterocycles. The van der Waals surface area contributed by atoms with Crippen LogP contribution >= 0.6 is 11.3 Å². The van der Waals surface area contributed by atoms with Gasteiger partial charge in [-0.25, -0.2) is 5.01 Å². The van der Waals surface area contributed by atoms with Gasteiger partial charge in [0.25, 0.3) is 5.91 Å². The van der Waals surface area contributed by atoms with Gasteiger partial charge in [-0.3, -0.25) is 14.5 Å². The molecule has 2 amide bonds. The zero-order valence-electron chi connectivity index (χ0n) is 19.2. The number of carbonyl (C=O) groups excluding carboxylic acids is 2. The third-order valence-electron chi connectivity index (χ3n) is 6.10. The lowest BCUT2D eigenvalue weighted by atomic mass is 10.1. The monoisotopic (exact) mass is 478 g/mol. The average molecular weight is 479 g/mol. The topological polar surface area (TPSA) is 95.1 Å². The first-order valence-corrected chi connectivity index (χ1v) is 12.2. The molecule has 0 aliphatic carbocycles. The summed E-state index contributed by atoms with van der Waals surface area (Å²) in [6, 6.07) is 9.83. The number of rotatable bonds is 5. The summed E-state index contributed by atoms with van der Waals surface area (Å²) in [5.41, 5.74) is 3.17. The molecule has 1 aromatic carbocycles. The zero-order valence-corrected chi connectivity index (χ0v) is 20.0. The van der Waals surface area contributed by atoms with E-state index in [0.717, 1.165) is 21.7 Å². The van der Waals surface area contributed by atoms with Gasteiger partial charge in [0.1, 0.15) is 5.71 Å². The van der Waals surface area contributed by atoms with Crippen LogP contribution in [0, 0.1) is 13.8 Å². The first-order chi connectivity index (χ1) is 16.5. The molecule has 4 heterocycles. The number of hydrogen-bond donors (Lipinski definition) is 0. The fraction of sp³-hybridized carbons (Fsp3) is 0.375. The molecule has 34 heavy (non-hydrogen) atoms. The van der Waals surface area contributed by atoms with Gasteiger partial charge in [-0.05, 0) is 42.5 Å². The van der Waals surface area contributed by atoms with E-state index in [9.17, 15) is 9.59 Å². The molecule has 3 aromatic rings. The fourth-order valence-corrected chi connectivity index (χ4v) is 4.80. The van der Waals surface area contributed by atoms with E-state index in [-0.39, 0.29) is 18.2 Å². The Labute approximate surface area is 201 Å². The van der Waals surface area contributed by atoms with E-state index in [0.29, 0.717) is 56.6 Å². The van der Waals surface area contributed by atoms with Gasteiger partial charge >= 0.3 is 0 Å². The van der Waals surface area contributed by atoms with E-state index in [1.165, 1.54) is 5.01 Å². The molecule has 0 spiro atoms. The number of thiophene rings is 1. The van der Waals surface area contributed by atoms with Crippen LogP contribution in [0.2, 0.25) is 0 Å². The summed E-state index contributed by atoms with van der Waals surface area (Å²) < 4.78 is 5.41. The van der Waals surface area contributed by atoms with Crippen LogP contribution in [0.4, 0.5) is 5.69 Å². The number of carbonyl (C=O) groups is 2. The number of aromatic nitrogens is 2. The summed E-state index contributed by atoms with van der Waals surface area (Å²) >= 11 is 1.57. The molecule has 0 atom stereocenters.